The van der Waals surface area contributed by atoms with Crippen LogP contribution in [0.15, 0.2) is 86.4 Å². The third-order valence-corrected chi connectivity index (χ3v) is 9.48. The number of rotatable bonds is 7. The number of ether oxygens (including phenoxy) is 1. The van der Waals surface area contributed by atoms with Gasteiger partial charge in [-0.2, -0.15) is 9.41 Å². The van der Waals surface area contributed by atoms with Gasteiger partial charge in [0.2, 0.25) is 14.8 Å². The summed E-state index contributed by atoms with van der Waals surface area (Å²) in [6, 6.07) is 18.9. The third-order valence-electron chi connectivity index (χ3n) is 5.86. The molecule has 11 heteroatoms. The van der Waals surface area contributed by atoms with Gasteiger partial charge in [-0.1, -0.05) is 18.2 Å². The molecule has 0 saturated carbocycles. The van der Waals surface area contributed by atoms with Crippen molar-refractivity contribution in [1.82, 2.24) is 8.98 Å². The van der Waals surface area contributed by atoms with E-state index in [1.54, 1.807) is 35.6 Å². The minimum absolute atomic E-state index is 0.255. The third kappa shape index (κ3) is 5.76. The number of thiophene rings is 1. The maximum absolute atomic E-state index is 12.9. The number of anilines is 1. The second-order valence-corrected chi connectivity index (χ2v) is 12.3. The highest BCUT2D eigenvalue weighted by Gasteiger charge is 2.26. The van der Waals surface area contributed by atoms with Crippen molar-refractivity contribution in [3.05, 3.63) is 81.8 Å². The molecule has 1 fully saturated rings. The van der Waals surface area contributed by atoms with Crippen LogP contribution < -0.4 is 9.70 Å². The van der Waals surface area contributed by atoms with Crippen LogP contribution in [0.4, 0.5) is 11.4 Å². The van der Waals surface area contributed by atoms with E-state index in [0.29, 0.717) is 36.8 Å². The first kappa shape index (κ1) is 25.6. The minimum atomic E-state index is -3.55. The number of benzene rings is 2. The molecule has 2 aromatic carbocycles. The first-order valence-electron chi connectivity index (χ1n) is 11.7. The van der Waals surface area contributed by atoms with Gasteiger partial charge in [0.25, 0.3) is 0 Å². The topological polar surface area (TPSA) is 79.5 Å². The Balaban J connectivity index is 1.47. The van der Waals surface area contributed by atoms with Crippen molar-refractivity contribution in [3.8, 4) is 10.6 Å². The number of nitrogens with zero attached hydrogens (tertiary/aromatic N) is 5. The van der Waals surface area contributed by atoms with Gasteiger partial charge in [-0.25, -0.2) is 18.1 Å². The van der Waals surface area contributed by atoms with Gasteiger partial charge in [-0.3, -0.25) is 0 Å². The summed E-state index contributed by atoms with van der Waals surface area (Å²) < 4.78 is 34.5. The summed E-state index contributed by atoms with van der Waals surface area (Å²) in [4.78, 5) is 8.88. The van der Waals surface area contributed by atoms with Crippen LogP contribution in [0, 0.1) is 0 Å². The Hall–Kier alpha value is -3.09. The van der Waals surface area contributed by atoms with Crippen LogP contribution in [0.25, 0.3) is 10.6 Å². The lowest BCUT2D eigenvalue weighted by Crippen LogP contribution is -2.40. The quantitative estimate of drug-likeness (QED) is 0.316. The van der Waals surface area contributed by atoms with Crippen molar-refractivity contribution >= 4 is 50.3 Å². The lowest BCUT2D eigenvalue weighted by atomic mass is 10.2. The molecule has 1 aliphatic rings. The van der Waals surface area contributed by atoms with E-state index in [2.05, 4.69) is 23.1 Å². The van der Waals surface area contributed by atoms with Gasteiger partial charge in [0, 0.05) is 38.3 Å². The van der Waals surface area contributed by atoms with Crippen LogP contribution in [0.3, 0.4) is 0 Å². The summed E-state index contributed by atoms with van der Waals surface area (Å²) in [7, 11) is 0.471. The Labute approximate surface area is 224 Å². The van der Waals surface area contributed by atoms with Gasteiger partial charge in [-0.05, 0) is 53.4 Å². The van der Waals surface area contributed by atoms with E-state index in [4.69, 9.17) is 14.8 Å². The number of morpholine rings is 1. The number of hydrogen-bond acceptors (Lipinski definition) is 8. The normalized spacial score (nSPS) is 15.5. The zero-order chi connectivity index (χ0) is 25.8. The average molecular weight is 554 g/mol. The molecule has 0 amide bonds. The van der Waals surface area contributed by atoms with Crippen molar-refractivity contribution < 1.29 is 13.2 Å². The molecule has 0 bridgehead atoms. The summed E-state index contributed by atoms with van der Waals surface area (Å²) in [5.74, 6) is 0. The second-order valence-electron chi connectivity index (χ2n) is 8.55. The molecule has 8 nitrogen and oxygen atoms in total. The largest absolute Gasteiger partial charge is 0.379 e. The smallest absolute Gasteiger partial charge is 0.243 e. The summed E-state index contributed by atoms with van der Waals surface area (Å²) in [6.07, 6.45) is 1.82. The highest BCUT2D eigenvalue weighted by atomic mass is 32.2. The van der Waals surface area contributed by atoms with Crippen LogP contribution in [0.5, 0.6) is 0 Å². The molecule has 0 spiro atoms. The number of thiazole rings is 1. The number of aromatic nitrogens is 1. The molecule has 0 atom stereocenters. The van der Waals surface area contributed by atoms with E-state index in [1.165, 1.54) is 15.6 Å². The molecule has 0 aliphatic carbocycles. The Morgan fingerprint density at radius 3 is 2.35 bits per heavy atom. The van der Waals surface area contributed by atoms with E-state index in [0.717, 1.165) is 21.8 Å². The molecule has 0 N–H and O–H groups in total. The Morgan fingerprint density at radius 2 is 1.70 bits per heavy atom. The van der Waals surface area contributed by atoms with Crippen LogP contribution in [-0.2, 0) is 14.8 Å². The van der Waals surface area contributed by atoms with Gasteiger partial charge in [0.1, 0.15) is 0 Å². The SMILES string of the molecule is CN(C)c1ccc(C=Nn2c(-c3cccs3)csc2=Nc2ccc(S(=O)(=O)N3CCOCC3)cc2)cc1. The van der Waals surface area contributed by atoms with Crippen LogP contribution in [0.2, 0.25) is 0 Å². The lowest BCUT2D eigenvalue weighted by Gasteiger charge is -2.26. The Morgan fingerprint density at radius 1 is 0.973 bits per heavy atom. The monoisotopic (exact) mass is 553 g/mol. The van der Waals surface area contributed by atoms with Crippen LogP contribution >= 0.6 is 22.7 Å². The van der Waals surface area contributed by atoms with E-state index in [1.807, 2.05) is 53.9 Å². The van der Waals surface area contributed by atoms with E-state index in [-0.39, 0.29) is 4.90 Å². The molecule has 2 aromatic heterocycles. The summed E-state index contributed by atoms with van der Waals surface area (Å²) in [5.41, 5.74) is 3.70. The summed E-state index contributed by atoms with van der Waals surface area (Å²) in [5, 5.41) is 8.84. The molecule has 0 unspecified atom stereocenters. The molecule has 37 heavy (non-hydrogen) atoms. The van der Waals surface area contributed by atoms with E-state index >= 15 is 0 Å². The van der Waals surface area contributed by atoms with Gasteiger partial charge in [0.05, 0.1) is 40.6 Å². The highest BCUT2D eigenvalue weighted by molar-refractivity contribution is 7.89. The fourth-order valence-corrected chi connectivity index (χ4v) is 6.86. The van der Waals surface area contributed by atoms with Gasteiger partial charge >= 0.3 is 0 Å². The van der Waals surface area contributed by atoms with E-state index in [9.17, 15) is 8.42 Å². The second kappa shape index (κ2) is 11.1. The summed E-state index contributed by atoms with van der Waals surface area (Å²) >= 11 is 3.12. The molecule has 1 saturated heterocycles. The molecular formula is C26H27N5O3S3. The maximum atomic E-state index is 12.9. The van der Waals surface area contributed by atoms with Crippen molar-refractivity contribution in [2.75, 3.05) is 45.3 Å². The fraction of sp³-hybridized carbons (Fsp3) is 0.231. The number of sulfonamides is 1. The molecule has 192 valence electrons. The minimum Gasteiger partial charge on any atom is -0.379 e. The molecule has 5 rings (SSSR count). The van der Waals surface area contributed by atoms with Crippen LogP contribution in [-0.4, -0.2) is 64.0 Å². The van der Waals surface area contributed by atoms with E-state index < -0.39 is 10.0 Å². The zero-order valence-electron chi connectivity index (χ0n) is 20.5. The summed E-state index contributed by atoms with van der Waals surface area (Å²) in [6.45, 7) is 1.56. The molecule has 3 heterocycles. The van der Waals surface area contributed by atoms with Gasteiger partial charge in [0.15, 0.2) is 0 Å². The maximum Gasteiger partial charge on any atom is 0.243 e. The van der Waals surface area contributed by atoms with Crippen molar-refractivity contribution in [1.29, 1.82) is 0 Å². The predicted octanol–water partition coefficient (Wildman–Crippen LogP) is 4.48. The van der Waals surface area contributed by atoms with Gasteiger partial charge < -0.3 is 9.64 Å². The fourth-order valence-electron chi connectivity index (χ4n) is 3.81. The van der Waals surface area contributed by atoms with Crippen molar-refractivity contribution in [3.63, 3.8) is 0 Å². The van der Waals surface area contributed by atoms with Crippen LogP contribution in [0.1, 0.15) is 5.56 Å². The number of hydrogen-bond donors (Lipinski definition) is 0. The molecular weight excluding hydrogens is 527 g/mol. The Kier molecular flexibility index (Phi) is 7.68. The zero-order valence-corrected chi connectivity index (χ0v) is 23.0. The molecule has 1 aliphatic heterocycles. The average Bonchev–Trinajstić information content (AvgIpc) is 3.59. The highest BCUT2D eigenvalue weighted by Crippen LogP contribution is 2.26. The van der Waals surface area contributed by atoms with Gasteiger partial charge in [-0.15, -0.1) is 22.7 Å². The van der Waals surface area contributed by atoms with Crippen molar-refractivity contribution in [2.24, 2.45) is 10.1 Å². The lowest BCUT2D eigenvalue weighted by molar-refractivity contribution is 0.0730. The van der Waals surface area contributed by atoms with Crippen molar-refractivity contribution in [2.45, 2.75) is 4.90 Å². The molecule has 4 aromatic rings. The first-order chi connectivity index (χ1) is 17.9. The first-order valence-corrected chi connectivity index (χ1v) is 14.9. The standard InChI is InChI=1S/C26H27N5O3S3/c1-29(2)22-9-5-20(6-10-22)18-27-31-24(25-4-3-17-35-25)19-36-26(31)28-21-7-11-23(12-8-21)37(32,33)30-13-15-34-16-14-30/h3-12,17-19H,13-16H2,1-2H3. The Bertz CT molecular complexity index is 1530. The molecule has 0 radical (unpaired) electrons. The predicted molar refractivity (Wildman–Crippen MR) is 151 cm³/mol.